The van der Waals surface area contributed by atoms with E-state index in [1.54, 1.807) is 24.8 Å². The van der Waals surface area contributed by atoms with Crippen LogP contribution < -0.4 is 5.32 Å². The van der Waals surface area contributed by atoms with Crippen molar-refractivity contribution >= 4 is 23.4 Å². The highest BCUT2D eigenvalue weighted by molar-refractivity contribution is 7.98. The summed E-state index contributed by atoms with van der Waals surface area (Å²) in [5.41, 5.74) is 1.36. The second-order valence-corrected chi connectivity index (χ2v) is 4.18. The molecule has 0 atom stereocenters. The van der Waals surface area contributed by atoms with Crippen LogP contribution in [0.2, 0.25) is 0 Å². The van der Waals surface area contributed by atoms with Gasteiger partial charge in [-0.05, 0) is 31.4 Å². The number of hydrogen-bond acceptors (Lipinski definition) is 3. The molecule has 0 spiro atoms. The maximum Gasteiger partial charge on any atom is 0.331 e. The molecule has 16 heavy (non-hydrogen) atoms. The van der Waals surface area contributed by atoms with Crippen molar-refractivity contribution in [3.63, 3.8) is 0 Å². The fraction of sp³-hybridized carbons (Fsp3) is 0.250. The molecular formula is C12H15NO2S. The van der Waals surface area contributed by atoms with Gasteiger partial charge in [0.2, 0.25) is 0 Å². The van der Waals surface area contributed by atoms with Crippen molar-refractivity contribution in [2.75, 3.05) is 18.1 Å². The Morgan fingerprint density at radius 3 is 2.94 bits per heavy atom. The molecular weight excluding hydrogens is 222 g/mol. The first kappa shape index (κ1) is 12.6. The molecule has 4 heteroatoms. The molecule has 3 nitrogen and oxygen atoms in total. The second-order valence-electron chi connectivity index (χ2n) is 3.31. The summed E-state index contributed by atoms with van der Waals surface area (Å²) < 4.78 is 0. The summed E-state index contributed by atoms with van der Waals surface area (Å²) in [5.74, 6) is -0.875. The van der Waals surface area contributed by atoms with Crippen LogP contribution in [0.25, 0.3) is 0 Å². The van der Waals surface area contributed by atoms with Gasteiger partial charge in [0.15, 0.2) is 0 Å². The summed E-state index contributed by atoms with van der Waals surface area (Å²) >= 11 is 1.68. The number of rotatable bonds is 5. The Morgan fingerprint density at radius 1 is 1.56 bits per heavy atom. The van der Waals surface area contributed by atoms with Crippen LogP contribution >= 0.6 is 11.8 Å². The van der Waals surface area contributed by atoms with Gasteiger partial charge in [0.25, 0.3) is 0 Å². The molecule has 0 heterocycles. The van der Waals surface area contributed by atoms with Crippen molar-refractivity contribution in [1.29, 1.82) is 0 Å². The van der Waals surface area contributed by atoms with E-state index in [2.05, 4.69) is 5.32 Å². The number of carbonyl (C=O) groups is 1. The minimum atomic E-state index is -0.875. The SMILES string of the molecule is CSc1cccc(NC/C=C(/C)C(=O)O)c1. The first-order valence-corrected chi connectivity index (χ1v) is 6.14. The first-order chi connectivity index (χ1) is 7.63. The fourth-order valence-electron chi connectivity index (χ4n) is 1.14. The van der Waals surface area contributed by atoms with Gasteiger partial charge in [-0.2, -0.15) is 0 Å². The summed E-state index contributed by atoms with van der Waals surface area (Å²) in [7, 11) is 0. The molecule has 0 bridgehead atoms. The Kier molecular flexibility index (Phi) is 4.92. The van der Waals surface area contributed by atoms with Gasteiger partial charge < -0.3 is 10.4 Å². The van der Waals surface area contributed by atoms with Gasteiger partial charge in [0, 0.05) is 22.7 Å². The molecule has 1 aromatic carbocycles. The number of nitrogens with one attached hydrogen (secondary N) is 1. The lowest BCUT2D eigenvalue weighted by molar-refractivity contribution is -0.132. The zero-order valence-corrected chi connectivity index (χ0v) is 10.2. The lowest BCUT2D eigenvalue weighted by Gasteiger charge is -2.05. The Labute approximate surface area is 99.6 Å². The van der Waals surface area contributed by atoms with Crippen LogP contribution in [-0.4, -0.2) is 23.9 Å². The Bertz CT molecular complexity index is 402. The van der Waals surface area contributed by atoms with Crippen LogP contribution in [0.3, 0.4) is 0 Å². The molecule has 1 rings (SSSR count). The maximum atomic E-state index is 10.5. The van der Waals surface area contributed by atoms with Crippen molar-refractivity contribution in [2.24, 2.45) is 0 Å². The normalized spacial score (nSPS) is 11.2. The molecule has 0 unspecified atom stereocenters. The molecule has 0 aliphatic heterocycles. The highest BCUT2D eigenvalue weighted by Crippen LogP contribution is 2.18. The van der Waals surface area contributed by atoms with E-state index in [1.807, 2.05) is 30.5 Å². The summed E-state index contributed by atoms with van der Waals surface area (Å²) in [6.07, 6.45) is 3.68. The molecule has 0 aliphatic carbocycles. The van der Waals surface area contributed by atoms with Crippen molar-refractivity contribution in [3.05, 3.63) is 35.9 Å². The molecule has 0 aromatic heterocycles. The average molecular weight is 237 g/mol. The Balaban J connectivity index is 2.55. The number of anilines is 1. The monoisotopic (exact) mass is 237 g/mol. The number of aliphatic carboxylic acids is 1. The quantitative estimate of drug-likeness (QED) is 0.610. The minimum absolute atomic E-state index is 0.355. The molecule has 2 N–H and O–H groups in total. The second kappa shape index (κ2) is 6.23. The van der Waals surface area contributed by atoms with E-state index in [9.17, 15) is 4.79 Å². The number of thioether (sulfide) groups is 1. The van der Waals surface area contributed by atoms with E-state index in [1.165, 1.54) is 4.90 Å². The van der Waals surface area contributed by atoms with Crippen molar-refractivity contribution in [2.45, 2.75) is 11.8 Å². The zero-order valence-electron chi connectivity index (χ0n) is 9.36. The smallest absolute Gasteiger partial charge is 0.331 e. The van der Waals surface area contributed by atoms with E-state index < -0.39 is 5.97 Å². The van der Waals surface area contributed by atoms with Crippen LogP contribution in [-0.2, 0) is 4.79 Å². The van der Waals surface area contributed by atoms with E-state index in [-0.39, 0.29) is 0 Å². The van der Waals surface area contributed by atoms with Crippen molar-refractivity contribution in [1.82, 2.24) is 0 Å². The first-order valence-electron chi connectivity index (χ1n) is 4.91. The largest absolute Gasteiger partial charge is 0.478 e. The molecule has 0 saturated heterocycles. The van der Waals surface area contributed by atoms with Gasteiger partial charge in [-0.1, -0.05) is 12.1 Å². The maximum absolute atomic E-state index is 10.5. The lowest BCUT2D eigenvalue weighted by Crippen LogP contribution is -2.02. The predicted molar refractivity (Wildman–Crippen MR) is 68.1 cm³/mol. The fourth-order valence-corrected chi connectivity index (χ4v) is 1.60. The third-order valence-electron chi connectivity index (χ3n) is 2.12. The third kappa shape index (κ3) is 3.98. The number of carboxylic acids is 1. The van der Waals surface area contributed by atoms with Crippen LogP contribution in [0.5, 0.6) is 0 Å². The molecule has 86 valence electrons. The molecule has 0 radical (unpaired) electrons. The van der Waals surface area contributed by atoms with Gasteiger partial charge in [-0.3, -0.25) is 0 Å². The van der Waals surface area contributed by atoms with Gasteiger partial charge in [0.1, 0.15) is 0 Å². The van der Waals surface area contributed by atoms with Gasteiger partial charge >= 0.3 is 5.97 Å². The van der Waals surface area contributed by atoms with Crippen LogP contribution in [0.1, 0.15) is 6.92 Å². The minimum Gasteiger partial charge on any atom is -0.478 e. The summed E-state index contributed by atoms with van der Waals surface area (Å²) in [6, 6.07) is 8.01. The van der Waals surface area contributed by atoms with E-state index in [0.717, 1.165) is 5.69 Å². The van der Waals surface area contributed by atoms with Crippen molar-refractivity contribution < 1.29 is 9.90 Å². The Morgan fingerprint density at radius 2 is 2.31 bits per heavy atom. The highest BCUT2D eigenvalue weighted by atomic mass is 32.2. The zero-order chi connectivity index (χ0) is 12.0. The number of hydrogen-bond donors (Lipinski definition) is 2. The van der Waals surface area contributed by atoms with Crippen LogP contribution in [0.15, 0.2) is 40.8 Å². The lowest BCUT2D eigenvalue weighted by atomic mass is 10.3. The molecule has 0 aliphatic rings. The number of carboxylic acid groups (broad SMARTS) is 1. The van der Waals surface area contributed by atoms with E-state index >= 15 is 0 Å². The standard InChI is InChI=1S/C12H15NO2S/c1-9(12(14)15)6-7-13-10-4-3-5-11(8-10)16-2/h3-6,8,13H,7H2,1-2H3,(H,14,15)/b9-6-. The van der Waals surface area contributed by atoms with E-state index in [4.69, 9.17) is 5.11 Å². The molecule has 0 saturated carbocycles. The van der Waals surface area contributed by atoms with Gasteiger partial charge in [0.05, 0.1) is 0 Å². The molecule has 0 amide bonds. The third-order valence-corrected chi connectivity index (χ3v) is 2.85. The predicted octanol–water partition coefficient (Wildman–Crippen LogP) is 2.85. The highest BCUT2D eigenvalue weighted by Gasteiger charge is 1.98. The van der Waals surface area contributed by atoms with Gasteiger partial charge in [-0.25, -0.2) is 4.79 Å². The summed E-state index contributed by atoms with van der Waals surface area (Å²) in [4.78, 5) is 11.7. The summed E-state index contributed by atoms with van der Waals surface area (Å²) in [5, 5.41) is 11.8. The van der Waals surface area contributed by atoms with E-state index in [0.29, 0.717) is 12.1 Å². The number of benzene rings is 1. The van der Waals surface area contributed by atoms with Crippen molar-refractivity contribution in [3.8, 4) is 0 Å². The molecule has 1 aromatic rings. The van der Waals surface area contributed by atoms with Crippen LogP contribution in [0.4, 0.5) is 5.69 Å². The van der Waals surface area contributed by atoms with Crippen LogP contribution in [0, 0.1) is 0 Å². The topological polar surface area (TPSA) is 49.3 Å². The summed E-state index contributed by atoms with van der Waals surface area (Å²) in [6.45, 7) is 2.11. The van der Waals surface area contributed by atoms with Gasteiger partial charge in [-0.15, -0.1) is 11.8 Å². The average Bonchev–Trinajstić information content (AvgIpc) is 2.29. The Hall–Kier alpha value is -1.42. The molecule has 0 fully saturated rings.